The van der Waals surface area contributed by atoms with Crippen molar-refractivity contribution in [3.8, 4) is 5.75 Å². The quantitative estimate of drug-likeness (QED) is 0.777. The fraction of sp³-hybridized carbons (Fsp3) is 0.278. The normalized spacial score (nSPS) is 15.0. The molecule has 1 aliphatic carbocycles. The van der Waals surface area contributed by atoms with Crippen molar-refractivity contribution in [1.82, 2.24) is 5.32 Å². The van der Waals surface area contributed by atoms with Crippen molar-refractivity contribution in [2.75, 3.05) is 13.2 Å². The second-order valence-corrected chi connectivity index (χ2v) is 6.56. The van der Waals surface area contributed by atoms with Gasteiger partial charge in [0.2, 0.25) is 5.91 Å². The second kappa shape index (κ2) is 6.71. The highest BCUT2D eigenvalue weighted by Gasteiger charge is 2.50. The highest BCUT2D eigenvalue weighted by atomic mass is 79.9. The van der Waals surface area contributed by atoms with Gasteiger partial charge in [-0.05, 0) is 54.8 Å². The zero-order chi connectivity index (χ0) is 16.3. The van der Waals surface area contributed by atoms with Gasteiger partial charge >= 0.3 is 0 Å². The number of halogens is 2. The average Bonchev–Trinajstić information content (AvgIpc) is 3.35. The molecule has 0 heterocycles. The van der Waals surface area contributed by atoms with E-state index < -0.39 is 0 Å². The van der Waals surface area contributed by atoms with Crippen molar-refractivity contribution in [1.29, 1.82) is 0 Å². The van der Waals surface area contributed by atoms with Crippen molar-refractivity contribution in [2.24, 2.45) is 0 Å². The molecule has 120 valence electrons. The van der Waals surface area contributed by atoms with Crippen LogP contribution >= 0.6 is 15.9 Å². The lowest BCUT2D eigenvalue weighted by Crippen LogP contribution is -2.37. The first-order valence-corrected chi connectivity index (χ1v) is 8.32. The van der Waals surface area contributed by atoms with Gasteiger partial charge in [0, 0.05) is 4.47 Å². The van der Waals surface area contributed by atoms with Gasteiger partial charge in [0.25, 0.3) is 0 Å². The van der Waals surface area contributed by atoms with Gasteiger partial charge < -0.3 is 10.1 Å². The summed E-state index contributed by atoms with van der Waals surface area (Å²) in [6.07, 6.45) is 1.75. The van der Waals surface area contributed by atoms with Gasteiger partial charge in [0.1, 0.15) is 18.2 Å². The van der Waals surface area contributed by atoms with Gasteiger partial charge in [0.05, 0.1) is 12.0 Å². The summed E-state index contributed by atoms with van der Waals surface area (Å²) in [6.45, 7) is 0.780. The Morgan fingerprint density at radius 2 is 1.78 bits per heavy atom. The molecular formula is C18H17BrFNO2. The van der Waals surface area contributed by atoms with E-state index in [9.17, 15) is 9.18 Å². The summed E-state index contributed by atoms with van der Waals surface area (Å²) in [6, 6.07) is 13.7. The van der Waals surface area contributed by atoms with Crippen LogP contribution in [0.1, 0.15) is 18.4 Å². The first-order valence-electron chi connectivity index (χ1n) is 7.53. The zero-order valence-electron chi connectivity index (χ0n) is 12.5. The maximum absolute atomic E-state index is 12.8. The molecule has 0 saturated heterocycles. The maximum Gasteiger partial charge on any atom is 0.230 e. The number of rotatable bonds is 6. The number of hydrogen-bond acceptors (Lipinski definition) is 2. The zero-order valence-corrected chi connectivity index (χ0v) is 14.1. The maximum atomic E-state index is 12.8. The molecule has 0 bridgehead atoms. The molecule has 0 radical (unpaired) electrons. The van der Waals surface area contributed by atoms with Crippen LogP contribution in [-0.4, -0.2) is 19.1 Å². The lowest BCUT2D eigenvalue weighted by atomic mass is 9.95. The summed E-state index contributed by atoms with van der Waals surface area (Å²) in [5, 5.41) is 2.93. The molecule has 1 N–H and O–H groups in total. The molecule has 3 nitrogen and oxygen atoms in total. The van der Waals surface area contributed by atoms with E-state index in [1.807, 2.05) is 24.3 Å². The number of amides is 1. The molecule has 0 unspecified atom stereocenters. The Hall–Kier alpha value is -1.88. The third kappa shape index (κ3) is 3.72. The summed E-state index contributed by atoms with van der Waals surface area (Å²) >= 11 is 3.41. The summed E-state index contributed by atoms with van der Waals surface area (Å²) in [5.41, 5.74) is 0.675. The first-order chi connectivity index (χ1) is 11.1. The van der Waals surface area contributed by atoms with Crippen LogP contribution in [0.15, 0.2) is 53.0 Å². The Morgan fingerprint density at radius 3 is 2.39 bits per heavy atom. The first kappa shape index (κ1) is 16.0. The molecule has 1 aliphatic rings. The van der Waals surface area contributed by atoms with E-state index in [-0.39, 0.29) is 17.1 Å². The number of nitrogens with one attached hydrogen (secondary N) is 1. The molecule has 0 aliphatic heterocycles. The average molecular weight is 378 g/mol. The number of ether oxygens (including phenoxy) is 1. The molecule has 0 aromatic heterocycles. The molecule has 1 amide bonds. The minimum atomic E-state index is -0.378. The van der Waals surface area contributed by atoms with Gasteiger partial charge in [0.15, 0.2) is 0 Å². The molecular weight excluding hydrogens is 361 g/mol. The topological polar surface area (TPSA) is 38.3 Å². The predicted molar refractivity (Wildman–Crippen MR) is 90.0 cm³/mol. The minimum absolute atomic E-state index is 0.0440. The largest absolute Gasteiger partial charge is 0.492 e. The number of carbonyl (C=O) groups is 1. The summed E-state index contributed by atoms with van der Waals surface area (Å²) in [7, 11) is 0. The number of carbonyl (C=O) groups excluding carboxylic acids is 1. The fourth-order valence-electron chi connectivity index (χ4n) is 2.57. The monoisotopic (exact) mass is 377 g/mol. The van der Waals surface area contributed by atoms with Crippen LogP contribution in [0.4, 0.5) is 4.39 Å². The van der Waals surface area contributed by atoms with Crippen LogP contribution in [0.25, 0.3) is 0 Å². The van der Waals surface area contributed by atoms with Gasteiger partial charge in [-0.1, -0.05) is 28.1 Å². The van der Waals surface area contributed by atoms with Crippen molar-refractivity contribution in [3.63, 3.8) is 0 Å². The van der Waals surface area contributed by atoms with Crippen molar-refractivity contribution >= 4 is 21.8 Å². The Balaban J connectivity index is 1.49. The predicted octanol–water partition coefficient (Wildman–Crippen LogP) is 3.82. The standard InChI is InChI=1S/C18H17BrFNO2/c19-14-3-1-13(2-4-14)18(9-10-18)17(22)21-11-12-23-16-7-5-15(20)6-8-16/h1-8H,9-12H2,(H,21,22). The third-order valence-corrected chi connectivity index (χ3v) is 4.58. The van der Waals surface area contributed by atoms with Gasteiger partial charge in [-0.3, -0.25) is 4.79 Å². The van der Waals surface area contributed by atoms with Crippen LogP contribution < -0.4 is 10.1 Å². The lowest BCUT2D eigenvalue weighted by Gasteiger charge is -2.16. The van der Waals surface area contributed by atoms with Crippen LogP contribution in [0, 0.1) is 5.82 Å². The smallest absolute Gasteiger partial charge is 0.230 e. The van der Waals surface area contributed by atoms with Gasteiger partial charge in [-0.25, -0.2) is 4.39 Å². The molecule has 23 heavy (non-hydrogen) atoms. The van der Waals surface area contributed by atoms with E-state index in [1.165, 1.54) is 12.1 Å². The Bertz CT molecular complexity index is 681. The fourth-order valence-corrected chi connectivity index (χ4v) is 2.84. The molecule has 5 heteroatoms. The van der Waals surface area contributed by atoms with Crippen molar-refractivity contribution in [2.45, 2.75) is 18.3 Å². The highest BCUT2D eigenvalue weighted by molar-refractivity contribution is 9.10. The Labute approximate surface area is 143 Å². The summed E-state index contributed by atoms with van der Waals surface area (Å²) in [4.78, 5) is 12.4. The second-order valence-electron chi connectivity index (χ2n) is 5.65. The molecule has 2 aromatic carbocycles. The van der Waals surface area contributed by atoms with Gasteiger partial charge in [-0.15, -0.1) is 0 Å². The minimum Gasteiger partial charge on any atom is -0.492 e. The molecule has 0 spiro atoms. The van der Waals surface area contributed by atoms with Crippen LogP contribution in [0.2, 0.25) is 0 Å². The lowest BCUT2D eigenvalue weighted by molar-refractivity contribution is -0.123. The van der Waals surface area contributed by atoms with E-state index in [0.29, 0.717) is 18.9 Å². The molecule has 1 saturated carbocycles. The summed E-state index contributed by atoms with van der Waals surface area (Å²) in [5.74, 6) is 0.341. The molecule has 1 fully saturated rings. The Morgan fingerprint density at radius 1 is 1.13 bits per heavy atom. The highest BCUT2D eigenvalue weighted by Crippen LogP contribution is 2.48. The number of benzene rings is 2. The van der Waals surface area contributed by atoms with Crippen LogP contribution in [-0.2, 0) is 10.2 Å². The van der Waals surface area contributed by atoms with Gasteiger partial charge in [-0.2, -0.15) is 0 Å². The van der Waals surface area contributed by atoms with Crippen LogP contribution in [0.5, 0.6) is 5.75 Å². The van der Waals surface area contributed by atoms with Crippen molar-refractivity contribution < 1.29 is 13.9 Å². The molecule has 3 rings (SSSR count). The Kier molecular flexibility index (Phi) is 4.66. The molecule has 0 atom stereocenters. The number of hydrogen-bond donors (Lipinski definition) is 1. The van der Waals surface area contributed by atoms with E-state index in [2.05, 4.69) is 21.2 Å². The SMILES string of the molecule is O=C(NCCOc1ccc(F)cc1)C1(c2ccc(Br)cc2)CC1. The molecule has 2 aromatic rings. The van der Waals surface area contributed by atoms with Crippen LogP contribution in [0.3, 0.4) is 0 Å². The van der Waals surface area contributed by atoms with E-state index in [4.69, 9.17) is 4.74 Å². The van der Waals surface area contributed by atoms with E-state index in [0.717, 1.165) is 22.9 Å². The van der Waals surface area contributed by atoms with E-state index >= 15 is 0 Å². The third-order valence-electron chi connectivity index (χ3n) is 4.05. The van der Waals surface area contributed by atoms with Crippen molar-refractivity contribution in [3.05, 3.63) is 64.4 Å². The van der Waals surface area contributed by atoms with E-state index in [1.54, 1.807) is 12.1 Å². The summed E-state index contributed by atoms with van der Waals surface area (Å²) < 4.78 is 19.3.